The van der Waals surface area contributed by atoms with Crippen molar-refractivity contribution in [2.24, 2.45) is 0 Å². The smallest absolute Gasteiger partial charge is 0.364 e. The van der Waals surface area contributed by atoms with Crippen LogP contribution in [-0.2, 0) is 61.8 Å². The predicted molar refractivity (Wildman–Crippen MR) is 376 cm³/mol. The Hall–Kier alpha value is -2.93. The molecule has 0 aliphatic carbocycles. The van der Waals surface area contributed by atoms with Crippen LogP contribution in [0.25, 0.3) is 0 Å². The van der Waals surface area contributed by atoms with Gasteiger partial charge >= 0.3 is 5.97 Å². The lowest BCUT2D eigenvalue weighted by atomic mass is 9.90. The number of ether oxygens (including phenoxy) is 10. The highest BCUT2D eigenvalue weighted by Gasteiger charge is 2.59. The topological polar surface area (TPSA) is 532 Å². The molecule has 0 bridgehead atoms. The molecule has 620 valence electrons. The van der Waals surface area contributed by atoms with Gasteiger partial charge in [0.1, 0.15) is 122 Å². The molecule has 0 spiro atoms. The quantitative estimate of drug-likeness (QED) is 0.0272. The summed E-state index contributed by atoms with van der Waals surface area (Å²) in [4.78, 5) is 39.0. The van der Waals surface area contributed by atoms with Gasteiger partial charge < -0.3 is 150 Å². The second kappa shape index (κ2) is 50.2. The molecule has 0 aromatic carbocycles. The Bertz CT molecular complexity index is 2410. The summed E-state index contributed by atoms with van der Waals surface area (Å²) in [7, 11) is 0. The van der Waals surface area contributed by atoms with E-state index in [2.05, 4.69) is 24.5 Å². The Kier molecular flexibility index (Phi) is 44.4. The van der Waals surface area contributed by atoms with E-state index in [1.165, 1.54) is 122 Å². The van der Waals surface area contributed by atoms with E-state index >= 15 is 0 Å². The normalized spacial score (nSPS) is 34.9. The van der Waals surface area contributed by atoms with E-state index in [1.807, 2.05) is 6.08 Å². The maximum absolute atomic E-state index is 13.5. The summed E-state index contributed by atoms with van der Waals surface area (Å²) in [6.45, 7) is -0.221. The molecule has 33 nitrogen and oxygen atoms in total. The first-order chi connectivity index (χ1) is 50.8. The molecule has 0 radical (unpaired) electrons. The fourth-order valence-electron chi connectivity index (χ4n) is 14.1. The molecule has 5 rings (SSSR count). The minimum absolute atomic E-state index is 0.178. The first kappa shape index (κ1) is 93.7. The number of hydrogen-bond donors (Lipinski definition) is 20. The number of aliphatic carboxylic acids is 1. The zero-order valence-electron chi connectivity index (χ0n) is 62.3. The molecule has 0 aromatic heterocycles. The summed E-state index contributed by atoms with van der Waals surface area (Å²) >= 11 is 0. The van der Waals surface area contributed by atoms with Gasteiger partial charge in [-0.1, -0.05) is 193 Å². The van der Waals surface area contributed by atoms with Gasteiger partial charge in [0.15, 0.2) is 25.2 Å². The first-order valence-corrected chi connectivity index (χ1v) is 39.1. The van der Waals surface area contributed by atoms with E-state index in [1.54, 1.807) is 6.08 Å². The second-order valence-electron chi connectivity index (χ2n) is 29.3. The van der Waals surface area contributed by atoms with E-state index < -0.39 is 229 Å². The van der Waals surface area contributed by atoms with E-state index in [0.717, 1.165) is 58.3 Å². The molecule has 10 unspecified atom stereocenters. The highest BCUT2D eigenvalue weighted by molar-refractivity contribution is 5.76. The summed E-state index contributed by atoms with van der Waals surface area (Å²) in [5.74, 6) is -6.16. The minimum atomic E-state index is -2.98. The van der Waals surface area contributed by atoms with Gasteiger partial charge in [0.05, 0.1) is 57.9 Å². The van der Waals surface area contributed by atoms with Crippen molar-refractivity contribution in [3.8, 4) is 0 Å². The largest absolute Gasteiger partial charge is 0.477 e. The summed E-state index contributed by atoms with van der Waals surface area (Å²) in [5, 5.41) is 202. The van der Waals surface area contributed by atoms with Gasteiger partial charge in [-0.3, -0.25) is 9.59 Å². The summed E-state index contributed by atoms with van der Waals surface area (Å²) < 4.78 is 58.1. The molecule has 5 saturated heterocycles. The zero-order valence-corrected chi connectivity index (χ0v) is 62.3. The lowest BCUT2D eigenvalue weighted by molar-refractivity contribution is -0.383. The Morgan fingerprint density at radius 2 is 0.953 bits per heavy atom. The SMILES string of the molecule is CCCCCCCCCCCCC/C=C/[C@@H](O)[C@H](CO[C@@H]1OC(CO)[C@@H](O[C@@H]2OC(CO)[C@H](O)[C@H](O[C@@H]3OC(CO)[C@@H](O[C@@H]4OC(CO[C@]5(C(=O)O)CC(O)[C@@H](O)C([C@H](O)[C@H](O)CO)O5)[C@H](O)[C@H](O)C4O)[C@H](O)C3NC(C)=O)C2O)[C@H](O)C1O)NC(=O)CCCCCCCCCCCCCCCCCCC. The molecule has 0 aromatic rings. The molecule has 5 aliphatic rings. The average molecular weight is 1530 g/mol. The van der Waals surface area contributed by atoms with Gasteiger partial charge in [-0.2, -0.15) is 0 Å². The number of carbonyl (C=O) groups is 3. The van der Waals surface area contributed by atoms with E-state index in [4.69, 9.17) is 47.4 Å². The van der Waals surface area contributed by atoms with Crippen LogP contribution in [0.4, 0.5) is 0 Å². The number of aliphatic hydroxyl groups excluding tert-OH is 17. The van der Waals surface area contributed by atoms with Crippen molar-refractivity contribution in [1.29, 1.82) is 0 Å². The number of carboxylic acids is 1. The van der Waals surface area contributed by atoms with Crippen molar-refractivity contribution in [1.82, 2.24) is 10.6 Å². The average Bonchev–Trinajstić information content (AvgIpc) is 0.776. The van der Waals surface area contributed by atoms with Gasteiger partial charge in [0.2, 0.25) is 11.8 Å². The van der Waals surface area contributed by atoms with Crippen LogP contribution < -0.4 is 10.6 Å². The van der Waals surface area contributed by atoms with Crippen LogP contribution in [0.15, 0.2) is 12.2 Å². The van der Waals surface area contributed by atoms with Crippen molar-refractivity contribution >= 4 is 17.8 Å². The molecule has 28 atom stereocenters. The lowest BCUT2D eigenvalue weighted by Gasteiger charge is -2.50. The monoisotopic (exact) mass is 1530 g/mol. The third-order valence-corrected chi connectivity index (χ3v) is 20.7. The van der Waals surface area contributed by atoms with Crippen LogP contribution in [0, 0.1) is 0 Å². The summed E-state index contributed by atoms with van der Waals surface area (Å²) in [6.07, 6.45) is -12.9. The fraction of sp³-hybridized carbons (Fsp3) is 0.932. The van der Waals surface area contributed by atoms with Crippen LogP contribution in [0.3, 0.4) is 0 Å². The lowest BCUT2D eigenvalue weighted by Crippen LogP contribution is -2.70. The molecular weight excluding hydrogens is 1400 g/mol. The number of amides is 2. The molecule has 0 saturated carbocycles. The van der Waals surface area contributed by atoms with E-state index in [0.29, 0.717) is 12.8 Å². The highest BCUT2D eigenvalue weighted by Crippen LogP contribution is 2.38. The molecule has 5 heterocycles. The van der Waals surface area contributed by atoms with Gasteiger partial charge in [0.25, 0.3) is 5.79 Å². The Labute approximate surface area is 622 Å². The van der Waals surface area contributed by atoms with Gasteiger partial charge in [-0.15, -0.1) is 0 Å². The van der Waals surface area contributed by atoms with Crippen LogP contribution in [0.5, 0.6) is 0 Å². The standard InChI is InChI=1S/C73H132N2O31/c1-4-6-8-10-12-14-16-18-19-20-21-23-25-27-29-31-33-35-52(84)75-44(45(81)34-32-30-28-26-24-22-17-15-13-11-9-7-5-2)41-97-69-62(93)60(91)65(50(40-79)101-69)104-71-63(94)66(57(88)48(38-77)99-71)105-68-53(74-43(3)80)58(89)64(49(39-78)100-68)103-70-61(92)59(90)56(87)51(102-70)42-98-73(72(95)96)36-46(82)54(85)67(106-73)55(86)47(83)37-76/h32,34,44-51,53-71,76-79,81-83,85-94H,4-31,33,35-42H2,1-3H3,(H,74,80)(H,75,84)(H,95,96)/b34-32+/t44-,45+,46?,47+,48?,49?,50?,51?,53?,54+,55+,56-,57-,58+,59-,60+,61?,62?,63?,64+,65+,66-,67?,68-,69+,70-,71-,73+/m0/s1. The van der Waals surface area contributed by atoms with Crippen LogP contribution >= 0.6 is 0 Å². The molecular formula is C73H132N2O31. The molecule has 20 N–H and O–H groups in total. The Morgan fingerprint density at radius 1 is 0.500 bits per heavy atom. The number of rotatable bonds is 53. The fourth-order valence-corrected chi connectivity index (χ4v) is 14.1. The number of allylic oxidation sites excluding steroid dienone is 1. The minimum Gasteiger partial charge on any atom is -0.477 e. The zero-order chi connectivity index (χ0) is 77.9. The summed E-state index contributed by atoms with van der Waals surface area (Å²) in [5.41, 5.74) is 0. The highest BCUT2D eigenvalue weighted by atomic mass is 16.8. The van der Waals surface area contributed by atoms with Gasteiger partial charge in [-0.05, 0) is 19.3 Å². The van der Waals surface area contributed by atoms with Gasteiger partial charge in [0, 0.05) is 19.8 Å². The van der Waals surface area contributed by atoms with Crippen molar-refractivity contribution in [2.75, 3.05) is 39.6 Å². The third kappa shape index (κ3) is 29.2. The second-order valence-corrected chi connectivity index (χ2v) is 29.3. The number of carbonyl (C=O) groups excluding carboxylic acids is 2. The maximum atomic E-state index is 13.5. The molecule has 106 heavy (non-hydrogen) atoms. The maximum Gasteiger partial charge on any atom is 0.364 e. The number of nitrogens with one attached hydrogen (secondary N) is 2. The van der Waals surface area contributed by atoms with E-state index in [-0.39, 0.29) is 12.3 Å². The van der Waals surface area contributed by atoms with Crippen molar-refractivity contribution < 1.29 is 154 Å². The number of aliphatic hydroxyl groups is 17. The Morgan fingerprint density at radius 3 is 1.45 bits per heavy atom. The molecule has 5 aliphatic heterocycles. The van der Waals surface area contributed by atoms with Crippen LogP contribution in [-0.4, -0.2) is 321 Å². The van der Waals surface area contributed by atoms with Crippen molar-refractivity contribution in [3.63, 3.8) is 0 Å². The first-order valence-electron chi connectivity index (χ1n) is 39.1. The molecule has 33 heteroatoms. The summed E-state index contributed by atoms with van der Waals surface area (Å²) in [6, 6.07) is -2.90. The third-order valence-electron chi connectivity index (χ3n) is 20.7. The van der Waals surface area contributed by atoms with Gasteiger partial charge in [-0.25, -0.2) is 4.79 Å². The Balaban J connectivity index is 1.21. The number of carboxylic acid groups (broad SMARTS) is 1. The number of hydrogen-bond acceptors (Lipinski definition) is 30. The predicted octanol–water partition coefficient (Wildman–Crippen LogP) is -0.406. The van der Waals surface area contributed by atoms with Crippen molar-refractivity contribution in [2.45, 2.75) is 391 Å². The van der Waals surface area contributed by atoms with Crippen molar-refractivity contribution in [3.05, 3.63) is 12.2 Å². The molecule has 5 fully saturated rings. The van der Waals surface area contributed by atoms with Crippen LogP contribution in [0.2, 0.25) is 0 Å². The molecule has 2 amide bonds. The van der Waals surface area contributed by atoms with E-state index in [9.17, 15) is 106 Å². The van der Waals surface area contributed by atoms with Crippen LogP contribution in [0.1, 0.15) is 220 Å². The number of unbranched alkanes of at least 4 members (excludes halogenated alkanes) is 27.